The van der Waals surface area contributed by atoms with Crippen LogP contribution in [0.4, 0.5) is 11.6 Å². The standard InChI is InChI=1S/C32H52N10O10P2S2Si2/c1-31(2,3)57(7,8)51-21-17-11-45-54(44,56)50-24-22(52-58(9,10)32(4,5)6)18(48-30(24)42-16-40-20-26(34)36-14-38-28(20)42)12-46-53(43,55)49-23(21)29(47-17)41-15-39-19-25(33)35-13-37-27(19)41/h13-18,21-24,29-30H,11-12H2,1-10H3,(H,43,55)(H,44,56)(H2,33,35,37)(H2,34,36,38)/t17-,18-,21-,22-,23-,24-,29-,30-,53?,54?/m1/s1. The highest BCUT2D eigenvalue weighted by molar-refractivity contribution is 8.44. The number of thiol groups is 1. The zero-order valence-corrected chi connectivity index (χ0v) is 39.4. The van der Waals surface area contributed by atoms with Crippen LogP contribution in [-0.2, 0) is 52.8 Å². The molecule has 0 amide bonds. The average Bonchev–Trinajstić information content (AvgIpc) is 3.87. The number of nitrogens with zero attached hydrogens (tertiary/aromatic N) is 8. The average molecular weight is 919 g/mol. The summed E-state index contributed by atoms with van der Waals surface area (Å²) in [5.41, 5.74) is 13.6. The summed E-state index contributed by atoms with van der Waals surface area (Å²) in [7, 11) is -5.28. The minimum atomic E-state index is -4.32. The first kappa shape index (κ1) is 44.1. The Morgan fingerprint density at radius 3 is 1.60 bits per heavy atom. The smallest absolute Gasteiger partial charge is 0.386 e. The molecule has 2 unspecified atom stereocenters. The zero-order chi connectivity index (χ0) is 42.4. The fraction of sp³-hybridized carbons (Fsp3) is 0.688. The van der Waals surface area contributed by atoms with E-state index < -0.39 is 79.2 Å². The quantitative estimate of drug-likeness (QED) is 0.106. The van der Waals surface area contributed by atoms with E-state index in [1.807, 2.05) is 0 Å². The molecule has 10 atom stereocenters. The van der Waals surface area contributed by atoms with E-state index in [4.69, 9.17) is 59.7 Å². The van der Waals surface area contributed by atoms with E-state index in [1.54, 1.807) is 9.13 Å². The number of hydrogen-bond donors (Lipinski definition) is 4. The van der Waals surface area contributed by atoms with Gasteiger partial charge in [-0.15, -0.1) is 0 Å². The minimum Gasteiger partial charge on any atom is -0.408 e. The maximum absolute atomic E-state index is 14.6. The summed E-state index contributed by atoms with van der Waals surface area (Å²) in [5.74, 6) is 0.299. The maximum Gasteiger partial charge on any atom is 0.386 e. The fourth-order valence-electron chi connectivity index (χ4n) is 6.49. The highest BCUT2D eigenvalue weighted by atomic mass is 32.7. The number of nitrogen functional groups attached to an aromatic ring is 2. The van der Waals surface area contributed by atoms with E-state index in [0.717, 1.165) is 0 Å². The van der Waals surface area contributed by atoms with Crippen molar-refractivity contribution in [1.29, 1.82) is 0 Å². The summed E-state index contributed by atoms with van der Waals surface area (Å²) < 4.78 is 70.3. The van der Waals surface area contributed by atoms with Gasteiger partial charge < -0.3 is 39.2 Å². The Labute approximate surface area is 348 Å². The number of fused-ring (bicyclic) bond motifs is 6. The third kappa shape index (κ3) is 8.45. The van der Waals surface area contributed by atoms with Crippen molar-refractivity contribution in [2.75, 3.05) is 24.7 Å². The van der Waals surface area contributed by atoms with Gasteiger partial charge in [-0.2, -0.15) is 0 Å². The maximum atomic E-state index is 14.6. The largest absolute Gasteiger partial charge is 0.408 e. The summed E-state index contributed by atoms with van der Waals surface area (Å²) in [6.45, 7) is 11.5. The van der Waals surface area contributed by atoms with Gasteiger partial charge in [0.05, 0.1) is 25.9 Å². The van der Waals surface area contributed by atoms with Crippen LogP contribution in [0.3, 0.4) is 0 Å². The number of rotatable bonds is 6. The van der Waals surface area contributed by atoms with Crippen LogP contribution in [0.5, 0.6) is 0 Å². The summed E-state index contributed by atoms with van der Waals surface area (Å²) in [5, 5.41) is -0.556. The van der Waals surface area contributed by atoms with Crippen LogP contribution < -0.4 is 11.5 Å². The molecular weight excluding hydrogens is 867 g/mol. The highest BCUT2D eigenvalue weighted by Crippen LogP contribution is 2.59. The number of imidazole rings is 2. The predicted molar refractivity (Wildman–Crippen MR) is 226 cm³/mol. The van der Waals surface area contributed by atoms with Crippen molar-refractivity contribution < 1.29 is 45.9 Å². The lowest BCUT2D eigenvalue weighted by Gasteiger charge is -2.41. The topological polar surface area (TPSA) is 250 Å². The summed E-state index contributed by atoms with van der Waals surface area (Å²) in [6, 6.07) is 0. The number of anilines is 2. The normalized spacial score (nSPS) is 33.2. The van der Waals surface area contributed by atoms with E-state index >= 15 is 0 Å². The van der Waals surface area contributed by atoms with E-state index in [2.05, 4.69) is 110 Å². The summed E-state index contributed by atoms with van der Waals surface area (Å²) >= 11 is 10.3. The molecule has 320 valence electrons. The molecule has 5 N–H and O–H groups in total. The summed E-state index contributed by atoms with van der Waals surface area (Å²) in [4.78, 5) is 37.8. The number of hydrogen-bond acceptors (Lipinski definition) is 18. The molecule has 26 heteroatoms. The molecule has 0 aliphatic carbocycles. The Bertz CT molecular complexity index is 2120. The second kappa shape index (κ2) is 15.4. The first-order valence-corrected chi connectivity index (χ1v) is 29.7. The zero-order valence-electron chi connectivity index (χ0n) is 33.9. The monoisotopic (exact) mass is 918 g/mol. The van der Waals surface area contributed by atoms with E-state index in [-0.39, 0.29) is 34.9 Å². The Kier molecular flexibility index (Phi) is 11.7. The van der Waals surface area contributed by atoms with Crippen molar-refractivity contribution in [2.24, 2.45) is 0 Å². The second-order valence-electron chi connectivity index (χ2n) is 17.7. The number of aromatic nitrogens is 8. The summed E-state index contributed by atoms with van der Waals surface area (Å²) in [6.07, 6.45) is -2.77. The molecule has 0 spiro atoms. The molecule has 20 nitrogen and oxygen atoms in total. The van der Waals surface area contributed by atoms with Gasteiger partial charge in [-0.25, -0.2) is 34.5 Å². The van der Waals surface area contributed by atoms with Crippen molar-refractivity contribution >= 4 is 88.2 Å². The van der Waals surface area contributed by atoms with Crippen LogP contribution in [0.2, 0.25) is 36.3 Å². The van der Waals surface area contributed by atoms with Crippen molar-refractivity contribution in [1.82, 2.24) is 39.0 Å². The lowest BCUT2D eigenvalue weighted by Crippen LogP contribution is -2.51. The van der Waals surface area contributed by atoms with Crippen LogP contribution in [0, 0.1) is 0 Å². The van der Waals surface area contributed by atoms with Gasteiger partial charge in [-0.3, -0.25) is 22.7 Å². The molecule has 0 radical (unpaired) electrons. The molecule has 4 aromatic rings. The minimum absolute atomic E-state index is 0.148. The van der Waals surface area contributed by atoms with Crippen LogP contribution in [-0.4, -0.2) is 110 Å². The third-order valence-corrected chi connectivity index (χ3v) is 23.8. The Hall–Kier alpha value is -2.00. The molecular formula is C32H52N10O10P2S2Si2. The molecule has 0 aromatic carbocycles. The Morgan fingerprint density at radius 2 is 1.17 bits per heavy atom. The molecule has 7 rings (SSSR count). The molecule has 7 heterocycles. The molecule has 4 aromatic heterocycles. The number of ether oxygens (including phenoxy) is 2. The molecule has 0 saturated carbocycles. The molecule has 58 heavy (non-hydrogen) atoms. The third-order valence-electron chi connectivity index (χ3n) is 11.7. The van der Waals surface area contributed by atoms with Gasteiger partial charge in [0.25, 0.3) is 0 Å². The molecule has 3 saturated heterocycles. The van der Waals surface area contributed by atoms with E-state index in [0.29, 0.717) is 22.3 Å². The lowest BCUT2D eigenvalue weighted by atomic mass is 10.1. The Morgan fingerprint density at radius 1 is 0.759 bits per heavy atom. The van der Waals surface area contributed by atoms with Gasteiger partial charge in [-0.05, 0) is 48.1 Å². The van der Waals surface area contributed by atoms with Gasteiger partial charge in [0, 0.05) is 0 Å². The van der Waals surface area contributed by atoms with Crippen molar-refractivity contribution in [3.8, 4) is 0 Å². The van der Waals surface area contributed by atoms with Crippen molar-refractivity contribution in [3.63, 3.8) is 0 Å². The van der Waals surface area contributed by atoms with Crippen molar-refractivity contribution in [3.05, 3.63) is 25.3 Å². The van der Waals surface area contributed by atoms with Gasteiger partial charge in [-0.1, -0.05) is 53.8 Å². The van der Waals surface area contributed by atoms with Gasteiger partial charge in [0.15, 0.2) is 52.0 Å². The van der Waals surface area contributed by atoms with E-state index in [9.17, 15) is 9.46 Å². The first-order chi connectivity index (χ1) is 26.8. The Balaban J connectivity index is 1.33. The molecule has 3 aliphatic heterocycles. The predicted octanol–water partition coefficient (Wildman–Crippen LogP) is 5.48. The van der Waals surface area contributed by atoms with Crippen molar-refractivity contribution in [2.45, 2.75) is 127 Å². The van der Waals surface area contributed by atoms with Crippen LogP contribution in [0.1, 0.15) is 54.0 Å². The van der Waals surface area contributed by atoms with Crippen LogP contribution in [0.15, 0.2) is 25.3 Å². The highest BCUT2D eigenvalue weighted by Gasteiger charge is 2.57. The number of nitrogens with two attached hydrogens (primary N) is 2. The second-order valence-corrected chi connectivity index (χ2v) is 32.8. The first-order valence-electron chi connectivity index (χ1n) is 18.6. The molecule has 3 fully saturated rings. The van der Waals surface area contributed by atoms with Crippen LogP contribution >= 0.6 is 25.8 Å². The molecule has 4 bridgehead atoms. The SMILES string of the molecule is CC(C)(C)[Si](C)(C)O[C@H]1[C@H]2OP(=O)(S)OC[C@H]3O[C@@H](n4cnc5c(N)ncnc54)[C@H](OP(O)(=S)OC[C@H]1O[C@H]2n1cnc2c(N)ncnc21)[C@@H]3O[Si](C)(C)C(C)(C)C. The lowest BCUT2D eigenvalue weighted by molar-refractivity contribution is -0.0598. The molecule has 3 aliphatic rings. The van der Waals surface area contributed by atoms with E-state index in [1.165, 1.54) is 25.3 Å². The van der Waals surface area contributed by atoms with Crippen LogP contribution in [0.25, 0.3) is 22.3 Å². The van der Waals surface area contributed by atoms with Gasteiger partial charge >= 0.3 is 13.5 Å². The fourth-order valence-corrected chi connectivity index (χ4v) is 12.0. The van der Waals surface area contributed by atoms with Gasteiger partial charge in [0.2, 0.25) is 0 Å². The van der Waals surface area contributed by atoms with Gasteiger partial charge in [0.1, 0.15) is 60.3 Å².